The number of imidazole rings is 2. The van der Waals surface area contributed by atoms with E-state index in [0.717, 1.165) is 10.9 Å². The summed E-state index contributed by atoms with van der Waals surface area (Å²) in [5.41, 5.74) is 3.70. The molecule has 4 aromatic heterocycles. The van der Waals surface area contributed by atoms with Crippen LogP contribution in [0.25, 0.3) is 22.3 Å². The van der Waals surface area contributed by atoms with Crippen molar-refractivity contribution < 1.29 is 43.9 Å². The van der Waals surface area contributed by atoms with Gasteiger partial charge in [-0.05, 0) is 0 Å². The van der Waals surface area contributed by atoms with Crippen molar-refractivity contribution in [2.45, 2.75) is 48.6 Å². The number of H-pyrrole nitrogens is 1. The summed E-state index contributed by atoms with van der Waals surface area (Å²) < 4.78 is 32.9. The Hall–Kier alpha value is -3.59. The molecular weight excluding hydrogens is 583 g/mol. The lowest BCUT2D eigenvalue weighted by Gasteiger charge is -2.27. The van der Waals surface area contributed by atoms with Crippen LogP contribution < -0.4 is 16.6 Å². The number of rotatable bonds is 8. The van der Waals surface area contributed by atoms with Gasteiger partial charge in [-0.15, -0.1) is 0 Å². The molecule has 2 aliphatic heterocycles. The number of fused-ring (bicyclic) bond motifs is 2. The molecule has 2 saturated heterocycles. The molecule has 0 aromatic carbocycles. The van der Waals surface area contributed by atoms with Crippen LogP contribution in [-0.4, -0.2) is 121 Å². The van der Waals surface area contributed by atoms with E-state index in [1.165, 1.54) is 17.2 Å². The second kappa shape index (κ2) is 10.6. The van der Waals surface area contributed by atoms with Gasteiger partial charge in [-0.25, -0.2) is 19.9 Å². The molecule has 4 aromatic rings. The molecule has 2 fully saturated rings. The summed E-state index contributed by atoms with van der Waals surface area (Å²) in [4.78, 5) is 46.0. The molecule has 0 bridgehead atoms. The maximum Gasteiger partial charge on any atom is 0.338 e. The third-order valence-electron chi connectivity index (χ3n) is 7.25. The fourth-order valence-electron chi connectivity index (χ4n) is 5.18. The first-order valence-corrected chi connectivity index (χ1v) is 14.2. The molecule has 1 unspecified atom stereocenters. The zero-order chi connectivity index (χ0) is 29.9. The molecule has 6 heterocycles. The van der Waals surface area contributed by atoms with Gasteiger partial charge in [0, 0.05) is 7.05 Å². The van der Waals surface area contributed by atoms with Crippen molar-refractivity contribution in [1.29, 1.82) is 0 Å². The molecule has 9 atom stereocenters. The average Bonchev–Trinajstić information content (AvgIpc) is 3.72. The number of aliphatic hydroxyl groups is 4. The molecule has 0 aliphatic carbocycles. The Kier molecular flexibility index (Phi) is 7.20. The normalized spacial score (nSPS) is 31.2. The standard InChI is InChI=1S/C21H27N10O10P/c1-23-15-9-16(25-4-24-15)30(5-26-9)19-13(35)11(33)8(41-19)3-39-42(37,38)14-12(34)7(2-32)40-20(14)31-6-27-10-17(31)28-21(22)29-18(10)36/h4-8,11-14,19-20,32-35H,2-3H2,1H3,(H,37,38)(H,23,24,25)(H3,22,28,29,36)/t7-,8-,11-,12-,13-,14-,19-,20-/m1/s1. The van der Waals surface area contributed by atoms with Crippen LogP contribution in [0.15, 0.2) is 23.8 Å². The molecule has 9 N–H and O–H groups in total. The highest BCUT2D eigenvalue weighted by Crippen LogP contribution is 2.57. The van der Waals surface area contributed by atoms with Crippen LogP contribution in [-0.2, 0) is 18.6 Å². The van der Waals surface area contributed by atoms with Gasteiger partial charge >= 0.3 is 7.60 Å². The topological polar surface area (TPSA) is 291 Å². The number of nitrogens with zero attached hydrogens (tertiary/aromatic N) is 7. The van der Waals surface area contributed by atoms with Crippen LogP contribution in [0.1, 0.15) is 12.5 Å². The van der Waals surface area contributed by atoms with Crippen molar-refractivity contribution in [3.63, 3.8) is 0 Å². The Bertz CT molecular complexity index is 1730. The van der Waals surface area contributed by atoms with E-state index in [9.17, 15) is 34.7 Å². The number of hydrogen-bond donors (Lipinski definition) is 8. The summed E-state index contributed by atoms with van der Waals surface area (Å²) in [6.07, 6.45) is -6.30. The summed E-state index contributed by atoms with van der Waals surface area (Å²) in [5.74, 6) is 0.167. The zero-order valence-electron chi connectivity index (χ0n) is 21.7. The van der Waals surface area contributed by atoms with E-state index in [-0.39, 0.29) is 17.1 Å². The monoisotopic (exact) mass is 610 g/mol. The lowest BCUT2D eigenvalue weighted by Crippen LogP contribution is -2.36. The summed E-state index contributed by atoms with van der Waals surface area (Å²) in [6, 6.07) is 0. The number of hydrogen-bond acceptors (Lipinski definition) is 16. The van der Waals surface area contributed by atoms with Crippen LogP contribution in [0, 0.1) is 0 Å². The lowest BCUT2D eigenvalue weighted by molar-refractivity contribution is -0.0496. The Balaban J connectivity index is 1.24. The minimum absolute atomic E-state index is 0.102. The van der Waals surface area contributed by atoms with Gasteiger partial charge in [-0.3, -0.25) is 23.5 Å². The first-order chi connectivity index (χ1) is 20.1. The van der Waals surface area contributed by atoms with Gasteiger partial charge in [0.05, 0.1) is 25.9 Å². The molecule has 0 amide bonds. The summed E-state index contributed by atoms with van der Waals surface area (Å²) in [5, 5.41) is 44.8. The van der Waals surface area contributed by atoms with Gasteiger partial charge in [0.25, 0.3) is 5.56 Å². The minimum Gasteiger partial charge on any atom is -0.394 e. The van der Waals surface area contributed by atoms with Gasteiger partial charge < -0.3 is 50.4 Å². The SMILES string of the molecule is CNc1ncnc2c1ncn2[C@@H]1O[C@H](COP(=O)(O)[C@@H]2[C@H](O)[C@@H](CO)O[C@H]2n2cnc3c(=O)[nH]c(N)nc32)[C@@H](O)[C@H]1O. The third kappa shape index (κ3) is 4.53. The molecule has 0 spiro atoms. The van der Waals surface area contributed by atoms with Gasteiger partial charge in [0.2, 0.25) is 5.95 Å². The fraction of sp³-hybridized carbons (Fsp3) is 0.524. The predicted octanol–water partition coefficient (Wildman–Crippen LogP) is -2.98. The number of nitrogens with two attached hydrogens (primary N) is 1. The number of nitrogens with one attached hydrogen (secondary N) is 2. The van der Waals surface area contributed by atoms with Crippen molar-refractivity contribution in [2.24, 2.45) is 0 Å². The smallest absolute Gasteiger partial charge is 0.338 e. The quantitative estimate of drug-likeness (QED) is 0.0923. The highest BCUT2D eigenvalue weighted by atomic mass is 31.2. The number of aromatic nitrogens is 8. The molecule has 20 nitrogen and oxygen atoms in total. The van der Waals surface area contributed by atoms with Crippen LogP contribution in [0.3, 0.4) is 0 Å². The van der Waals surface area contributed by atoms with Gasteiger partial charge in [0.1, 0.15) is 48.0 Å². The lowest BCUT2D eigenvalue weighted by atomic mass is 10.1. The van der Waals surface area contributed by atoms with Crippen molar-refractivity contribution in [1.82, 2.24) is 39.0 Å². The van der Waals surface area contributed by atoms with E-state index in [0.29, 0.717) is 17.0 Å². The summed E-state index contributed by atoms with van der Waals surface area (Å²) in [6.45, 7) is -1.41. The van der Waals surface area contributed by atoms with Gasteiger partial charge in [0.15, 0.2) is 35.1 Å². The predicted molar refractivity (Wildman–Crippen MR) is 140 cm³/mol. The van der Waals surface area contributed by atoms with E-state index in [1.54, 1.807) is 7.05 Å². The zero-order valence-corrected chi connectivity index (χ0v) is 22.6. The van der Waals surface area contributed by atoms with Crippen molar-refractivity contribution in [3.05, 3.63) is 29.3 Å². The van der Waals surface area contributed by atoms with E-state index in [4.69, 9.17) is 19.7 Å². The molecule has 42 heavy (non-hydrogen) atoms. The maximum absolute atomic E-state index is 13.6. The first kappa shape index (κ1) is 28.5. The maximum atomic E-state index is 13.6. The highest BCUT2D eigenvalue weighted by molar-refractivity contribution is 7.53. The van der Waals surface area contributed by atoms with Crippen molar-refractivity contribution in [3.8, 4) is 0 Å². The largest absolute Gasteiger partial charge is 0.394 e. The van der Waals surface area contributed by atoms with Gasteiger partial charge in [-0.1, -0.05) is 0 Å². The van der Waals surface area contributed by atoms with Crippen molar-refractivity contribution >= 4 is 41.7 Å². The Morgan fingerprint density at radius 1 is 1.02 bits per heavy atom. The van der Waals surface area contributed by atoms with Crippen LogP contribution in [0.4, 0.5) is 11.8 Å². The number of ether oxygens (including phenoxy) is 2. The summed E-state index contributed by atoms with van der Waals surface area (Å²) >= 11 is 0. The third-order valence-corrected chi connectivity index (χ3v) is 9.08. The van der Waals surface area contributed by atoms with Crippen LogP contribution in [0.2, 0.25) is 0 Å². The first-order valence-electron chi connectivity index (χ1n) is 12.6. The molecule has 0 saturated carbocycles. The Morgan fingerprint density at radius 2 is 1.71 bits per heavy atom. The van der Waals surface area contributed by atoms with Gasteiger partial charge in [-0.2, -0.15) is 4.98 Å². The molecule has 21 heteroatoms. The van der Waals surface area contributed by atoms with E-state index in [2.05, 4.69) is 35.2 Å². The Labute approximate surface area is 234 Å². The minimum atomic E-state index is -4.87. The fourth-order valence-corrected chi connectivity index (χ4v) is 6.82. The Morgan fingerprint density at radius 3 is 2.43 bits per heavy atom. The second-order valence-electron chi connectivity index (χ2n) is 9.71. The number of aliphatic hydroxyl groups excluding tert-OH is 4. The molecular formula is C21H27N10O10P. The number of nitrogen functional groups attached to an aromatic ring is 1. The molecule has 2 aliphatic rings. The summed E-state index contributed by atoms with van der Waals surface area (Å²) in [7, 11) is -3.23. The molecule has 226 valence electrons. The van der Waals surface area contributed by atoms with Crippen molar-refractivity contribution in [2.75, 3.05) is 31.3 Å². The average molecular weight is 610 g/mol. The van der Waals surface area contributed by atoms with Crippen LogP contribution in [0.5, 0.6) is 0 Å². The van der Waals surface area contributed by atoms with E-state index >= 15 is 0 Å². The number of anilines is 2. The molecule has 0 radical (unpaired) electrons. The number of aromatic amines is 1. The molecule has 6 rings (SSSR count). The highest BCUT2D eigenvalue weighted by Gasteiger charge is 2.55. The van der Waals surface area contributed by atoms with E-state index < -0.39 is 75.0 Å². The van der Waals surface area contributed by atoms with Crippen LogP contribution >= 0.6 is 7.60 Å². The second-order valence-corrected chi connectivity index (χ2v) is 11.7. The van der Waals surface area contributed by atoms with E-state index in [1.807, 2.05) is 0 Å².